The summed E-state index contributed by atoms with van der Waals surface area (Å²) in [6, 6.07) is 15.7. The summed E-state index contributed by atoms with van der Waals surface area (Å²) in [7, 11) is 0. The third-order valence-corrected chi connectivity index (χ3v) is 6.32. The lowest BCUT2D eigenvalue weighted by molar-refractivity contribution is 0.0914. The lowest BCUT2D eigenvalue weighted by atomic mass is 9.90. The first kappa shape index (κ1) is 21.0. The minimum atomic E-state index is -0.245. The zero-order valence-corrected chi connectivity index (χ0v) is 18.2. The number of cyclic esters (lactones) is 1. The Bertz CT molecular complexity index is 853. The Hall–Kier alpha value is -2.24. The van der Waals surface area contributed by atoms with Gasteiger partial charge in [0.05, 0.1) is 13.2 Å². The lowest BCUT2D eigenvalue weighted by Gasteiger charge is -2.33. The van der Waals surface area contributed by atoms with E-state index in [1.807, 2.05) is 49.4 Å². The Balaban J connectivity index is 1.26. The molecule has 2 saturated heterocycles. The topological polar surface area (TPSA) is 42.0 Å². The number of piperidine rings is 1. The molecule has 6 heteroatoms. The second-order valence-electron chi connectivity index (χ2n) is 8.09. The number of rotatable bonds is 7. The molecule has 0 aliphatic carbocycles. The standard InChI is InChI=1S/C24H29ClN2O3/c1-2-29-21-8-9-23(25)19(15-21)14-18-10-12-26(13-11-18)16-22-17-27(24(28)30-22)20-6-4-3-5-7-20/h3-9,15,18,22H,2,10-14,16-17H2,1H3. The molecule has 0 radical (unpaired) electrons. The van der Waals surface area contributed by atoms with E-state index in [0.29, 0.717) is 19.1 Å². The molecule has 0 bridgehead atoms. The Morgan fingerprint density at radius 1 is 1.13 bits per heavy atom. The zero-order chi connectivity index (χ0) is 20.9. The van der Waals surface area contributed by atoms with Crippen LogP contribution in [-0.2, 0) is 11.2 Å². The van der Waals surface area contributed by atoms with Gasteiger partial charge in [0.2, 0.25) is 0 Å². The highest BCUT2D eigenvalue weighted by molar-refractivity contribution is 6.31. The van der Waals surface area contributed by atoms with Crippen LogP contribution in [0.3, 0.4) is 0 Å². The van der Waals surface area contributed by atoms with E-state index in [-0.39, 0.29) is 12.2 Å². The predicted octanol–water partition coefficient (Wildman–Crippen LogP) is 5.02. The van der Waals surface area contributed by atoms with Crippen molar-refractivity contribution in [3.8, 4) is 5.75 Å². The highest BCUT2D eigenvalue weighted by Gasteiger charge is 2.34. The van der Waals surface area contributed by atoms with Crippen LogP contribution >= 0.6 is 11.6 Å². The smallest absolute Gasteiger partial charge is 0.414 e. The van der Waals surface area contributed by atoms with Gasteiger partial charge in [-0.1, -0.05) is 29.8 Å². The number of halogens is 1. The van der Waals surface area contributed by atoms with Crippen LogP contribution in [0.5, 0.6) is 5.75 Å². The van der Waals surface area contributed by atoms with Gasteiger partial charge in [-0.3, -0.25) is 9.80 Å². The molecule has 1 atom stereocenters. The third-order valence-electron chi connectivity index (χ3n) is 5.95. The van der Waals surface area contributed by atoms with Crippen molar-refractivity contribution in [3.05, 3.63) is 59.1 Å². The number of ether oxygens (including phenoxy) is 2. The van der Waals surface area contributed by atoms with E-state index in [0.717, 1.165) is 55.4 Å². The van der Waals surface area contributed by atoms with Gasteiger partial charge in [-0.15, -0.1) is 0 Å². The number of carbonyl (C=O) groups is 1. The van der Waals surface area contributed by atoms with Crippen LogP contribution in [0.15, 0.2) is 48.5 Å². The summed E-state index contributed by atoms with van der Waals surface area (Å²) in [6.45, 7) is 6.10. The largest absolute Gasteiger partial charge is 0.494 e. The molecule has 30 heavy (non-hydrogen) atoms. The van der Waals surface area contributed by atoms with Crippen molar-refractivity contribution in [1.29, 1.82) is 0 Å². The molecule has 0 saturated carbocycles. The molecule has 160 valence electrons. The minimum absolute atomic E-state index is 0.0772. The maximum atomic E-state index is 12.3. The van der Waals surface area contributed by atoms with Gasteiger partial charge in [0.1, 0.15) is 11.9 Å². The summed E-state index contributed by atoms with van der Waals surface area (Å²) in [5, 5.41) is 0.819. The van der Waals surface area contributed by atoms with Crippen LogP contribution in [0.25, 0.3) is 0 Å². The second kappa shape index (κ2) is 9.71. The number of anilines is 1. The second-order valence-corrected chi connectivity index (χ2v) is 8.49. The van der Waals surface area contributed by atoms with Crippen molar-refractivity contribution in [2.45, 2.75) is 32.3 Å². The number of hydrogen-bond acceptors (Lipinski definition) is 4. The van der Waals surface area contributed by atoms with E-state index in [2.05, 4.69) is 11.0 Å². The van der Waals surface area contributed by atoms with Crippen molar-refractivity contribution in [1.82, 2.24) is 4.90 Å². The fourth-order valence-corrected chi connectivity index (χ4v) is 4.57. The number of carbonyl (C=O) groups excluding carboxylic acids is 1. The SMILES string of the molecule is CCOc1ccc(Cl)c(CC2CCN(CC3CN(c4ccccc4)C(=O)O3)CC2)c1. The number of likely N-dealkylation sites (tertiary alicyclic amines) is 1. The fourth-order valence-electron chi connectivity index (χ4n) is 4.37. The van der Waals surface area contributed by atoms with Crippen LogP contribution in [0.2, 0.25) is 5.02 Å². The van der Waals surface area contributed by atoms with Gasteiger partial charge in [0.25, 0.3) is 0 Å². The van der Waals surface area contributed by atoms with Crippen LogP contribution in [0, 0.1) is 5.92 Å². The number of nitrogens with zero attached hydrogens (tertiary/aromatic N) is 2. The van der Waals surface area contributed by atoms with Crippen molar-refractivity contribution < 1.29 is 14.3 Å². The van der Waals surface area contributed by atoms with Crippen LogP contribution in [-0.4, -0.2) is 49.9 Å². The number of amides is 1. The van der Waals surface area contributed by atoms with Crippen LogP contribution < -0.4 is 9.64 Å². The summed E-state index contributed by atoms with van der Waals surface area (Å²) in [4.78, 5) is 16.4. The van der Waals surface area contributed by atoms with E-state index in [4.69, 9.17) is 21.1 Å². The average Bonchev–Trinajstić information content (AvgIpc) is 3.13. The lowest BCUT2D eigenvalue weighted by Crippen LogP contribution is -2.40. The van der Waals surface area contributed by atoms with Gasteiger partial charge >= 0.3 is 6.09 Å². The molecule has 5 nitrogen and oxygen atoms in total. The van der Waals surface area contributed by atoms with E-state index >= 15 is 0 Å². The molecule has 1 amide bonds. The molecule has 0 spiro atoms. The first-order valence-electron chi connectivity index (χ1n) is 10.8. The van der Waals surface area contributed by atoms with E-state index in [9.17, 15) is 4.79 Å². The van der Waals surface area contributed by atoms with Crippen molar-refractivity contribution >= 4 is 23.4 Å². The predicted molar refractivity (Wildman–Crippen MR) is 120 cm³/mol. The van der Waals surface area contributed by atoms with Crippen molar-refractivity contribution in [3.63, 3.8) is 0 Å². The quantitative estimate of drug-likeness (QED) is 0.621. The Kier molecular flexibility index (Phi) is 6.80. The highest BCUT2D eigenvalue weighted by Crippen LogP contribution is 2.29. The van der Waals surface area contributed by atoms with E-state index in [1.54, 1.807) is 4.90 Å². The summed E-state index contributed by atoms with van der Waals surface area (Å²) in [6.07, 6.45) is 2.90. The molecular weight excluding hydrogens is 400 g/mol. The molecule has 4 rings (SSSR count). The monoisotopic (exact) mass is 428 g/mol. The number of para-hydroxylation sites is 1. The zero-order valence-electron chi connectivity index (χ0n) is 17.4. The minimum Gasteiger partial charge on any atom is -0.494 e. The fraction of sp³-hybridized carbons (Fsp3) is 0.458. The Labute approximate surface area is 183 Å². The normalized spacial score (nSPS) is 20.4. The molecule has 2 fully saturated rings. The molecule has 1 unspecified atom stereocenters. The molecule has 2 aliphatic rings. The van der Waals surface area contributed by atoms with Crippen LogP contribution in [0.1, 0.15) is 25.3 Å². The Morgan fingerprint density at radius 2 is 1.90 bits per heavy atom. The molecule has 2 aromatic carbocycles. The van der Waals surface area contributed by atoms with E-state index in [1.165, 1.54) is 5.56 Å². The molecule has 0 N–H and O–H groups in total. The maximum absolute atomic E-state index is 12.3. The first-order valence-corrected chi connectivity index (χ1v) is 11.2. The number of benzene rings is 2. The van der Waals surface area contributed by atoms with Gasteiger partial charge in [0, 0.05) is 17.3 Å². The van der Waals surface area contributed by atoms with Crippen molar-refractivity contribution in [2.24, 2.45) is 5.92 Å². The highest BCUT2D eigenvalue weighted by atomic mass is 35.5. The van der Waals surface area contributed by atoms with E-state index < -0.39 is 0 Å². The third kappa shape index (κ3) is 5.08. The summed E-state index contributed by atoms with van der Waals surface area (Å²) in [5.41, 5.74) is 2.07. The van der Waals surface area contributed by atoms with Gasteiger partial charge in [-0.2, -0.15) is 0 Å². The molecule has 2 heterocycles. The molecule has 0 aromatic heterocycles. The van der Waals surface area contributed by atoms with Gasteiger partial charge in [0.15, 0.2) is 0 Å². The number of hydrogen-bond donors (Lipinski definition) is 0. The first-order chi connectivity index (χ1) is 14.6. The van der Waals surface area contributed by atoms with Gasteiger partial charge in [-0.25, -0.2) is 4.79 Å². The summed E-state index contributed by atoms with van der Waals surface area (Å²) in [5.74, 6) is 1.50. The molecule has 2 aromatic rings. The maximum Gasteiger partial charge on any atom is 0.414 e. The van der Waals surface area contributed by atoms with Crippen molar-refractivity contribution in [2.75, 3.05) is 37.7 Å². The van der Waals surface area contributed by atoms with Crippen LogP contribution in [0.4, 0.5) is 10.5 Å². The Morgan fingerprint density at radius 3 is 2.63 bits per heavy atom. The average molecular weight is 429 g/mol. The molecule has 2 aliphatic heterocycles. The summed E-state index contributed by atoms with van der Waals surface area (Å²) >= 11 is 6.42. The molecular formula is C24H29ClN2O3. The summed E-state index contributed by atoms with van der Waals surface area (Å²) < 4.78 is 11.2. The van der Waals surface area contributed by atoms with Gasteiger partial charge < -0.3 is 9.47 Å². The van der Waals surface area contributed by atoms with Gasteiger partial charge in [-0.05, 0) is 81.1 Å².